The number of rotatable bonds is 4. The second-order valence-corrected chi connectivity index (χ2v) is 16.5. The molecular weight excluding hydrogens is 368 g/mol. The van der Waals surface area contributed by atoms with Crippen LogP contribution in [0.15, 0.2) is 66.7 Å². The summed E-state index contributed by atoms with van der Waals surface area (Å²) in [7, 11) is -3.01. The third-order valence-corrected chi connectivity index (χ3v) is 11.0. The highest BCUT2D eigenvalue weighted by molar-refractivity contribution is 6.97. The van der Waals surface area contributed by atoms with E-state index in [0.717, 1.165) is 5.02 Å². The molecule has 26 heavy (non-hydrogen) atoms. The van der Waals surface area contributed by atoms with Crippen molar-refractivity contribution in [2.75, 3.05) is 0 Å². The van der Waals surface area contributed by atoms with E-state index in [1.54, 1.807) is 0 Å². The summed E-state index contributed by atoms with van der Waals surface area (Å²) in [5.41, 5.74) is 2.72. The summed E-state index contributed by atoms with van der Waals surface area (Å²) in [6.07, 6.45) is 0. The lowest BCUT2D eigenvalue weighted by atomic mass is 10.2. The number of hydrogen-bond donors (Lipinski definition) is 0. The van der Waals surface area contributed by atoms with E-state index < -0.39 is 16.9 Å². The number of benzene rings is 3. The maximum absolute atomic E-state index is 6.68. The molecular formula is C23H27ClSi2. The van der Waals surface area contributed by atoms with Gasteiger partial charge in [-0.25, -0.2) is 0 Å². The van der Waals surface area contributed by atoms with Gasteiger partial charge in [-0.05, 0) is 30.3 Å². The minimum Gasteiger partial charge on any atom is -0.0845 e. The van der Waals surface area contributed by atoms with E-state index in [0.29, 0.717) is 0 Å². The molecule has 0 saturated heterocycles. The molecule has 134 valence electrons. The molecule has 3 aromatic rings. The van der Waals surface area contributed by atoms with Gasteiger partial charge in [0.1, 0.15) is 8.80 Å². The Bertz CT molecular complexity index is 880. The summed E-state index contributed by atoms with van der Waals surface area (Å²) in [6, 6.07) is 24.5. The van der Waals surface area contributed by atoms with E-state index in [1.165, 1.54) is 31.9 Å². The molecule has 1 unspecified atom stereocenters. The molecule has 3 heteroatoms. The van der Waals surface area contributed by atoms with Crippen molar-refractivity contribution in [2.24, 2.45) is 0 Å². The fourth-order valence-corrected chi connectivity index (χ4v) is 8.81. The Kier molecular flexibility index (Phi) is 5.56. The largest absolute Gasteiger partial charge is 0.135 e. The molecule has 0 spiro atoms. The molecule has 3 aromatic carbocycles. The van der Waals surface area contributed by atoms with Gasteiger partial charge in [0.05, 0.1) is 8.07 Å². The summed E-state index contributed by atoms with van der Waals surface area (Å²) in [6.45, 7) is 11.7. The van der Waals surface area contributed by atoms with Crippen LogP contribution in [0.25, 0.3) is 0 Å². The van der Waals surface area contributed by atoms with E-state index >= 15 is 0 Å². The van der Waals surface area contributed by atoms with Crippen molar-refractivity contribution in [3.63, 3.8) is 0 Å². The van der Waals surface area contributed by atoms with E-state index in [2.05, 4.69) is 88.1 Å². The normalized spacial score (nSPS) is 12.8. The van der Waals surface area contributed by atoms with Crippen molar-refractivity contribution in [1.29, 1.82) is 0 Å². The Morgan fingerprint density at radius 3 is 2.00 bits per heavy atom. The summed E-state index contributed by atoms with van der Waals surface area (Å²) >= 11 is 6.68. The van der Waals surface area contributed by atoms with Crippen LogP contribution in [0.1, 0.15) is 11.1 Å². The van der Waals surface area contributed by atoms with E-state index in [-0.39, 0.29) is 0 Å². The first-order chi connectivity index (χ1) is 12.3. The second-order valence-electron chi connectivity index (χ2n) is 8.19. The van der Waals surface area contributed by atoms with Crippen molar-refractivity contribution in [2.45, 2.75) is 33.5 Å². The predicted octanol–water partition coefficient (Wildman–Crippen LogP) is 3.75. The highest BCUT2D eigenvalue weighted by atomic mass is 35.5. The number of aryl methyl sites for hydroxylation is 2. The van der Waals surface area contributed by atoms with Crippen LogP contribution in [0.4, 0.5) is 0 Å². The smallest absolute Gasteiger partial charge is 0.0845 e. The van der Waals surface area contributed by atoms with Gasteiger partial charge in [-0.15, -0.1) is 0 Å². The molecule has 3 rings (SSSR count). The Morgan fingerprint density at radius 1 is 0.769 bits per heavy atom. The van der Waals surface area contributed by atoms with Gasteiger partial charge in [0.2, 0.25) is 0 Å². The van der Waals surface area contributed by atoms with Crippen molar-refractivity contribution in [3.05, 3.63) is 82.9 Å². The fraction of sp³-hybridized carbons (Fsp3) is 0.217. The van der Waals surface area contributed by atoms with Crippen molar-refractivity contribution < 1.29 is 0 Å². The minimum atomic E-state index is -1.63. The monoisotopic (exact) mass is 394 g/mol. The first kappa shape index (κ1) is 19.2. The van der Waals surface area contributed by atoms with Crippen LogP contribution < -0.4 is 20.7 Å². The van der Waals surface area contributed by atoms with Crippen LogP contribution in [0, 0.1) is 13.8 Å². The summed E-state index contributed by atoms with van der Waals surface area (Å²) in [4.78, 5) is 0. The van der Waals surface area contributed by atoms with Crippen LogP contribution in [0.5, 0.6) is 0 Å². The maximum atomic E-state index is 6.68. The first-order valence-electron chi connectivity index (χ1n) is 9.19. The van der Waals surface area contributed by atoms with Gasteiger partial charge in [-0.2, -0.15) is 0 Å². The van der Waals surface area contributed by atoms with Crippen LogP contribution in [0.2, 0.25) is 24.7 Å². The van der Waals surface area contributed by atoms with Crippen LogP contribution in [-0.2, 0) is 0 Å². The SMILES string of the molecule is Cc1cc([SiH](c2ccccc2C)c2ccccc2Cl)cc([Si](C)(C)C)c1. The molecule has 0 amide bonds. The lowest BCUT2D eigenvalue weighted by Gasteiger charge is -2.24. The first-order valence-corrected chi connectivity index (χ1v) is 14.8. The fourth-order valence-electron chi connectivity index (χ4n) is 3.56. The zero-order valence-electron chi connectivity index (χ0n) is 16.3. The molecule has 1 atom stereocenters. The summed E-state index contributed by atoms with van der Waals surface area (Å²) in [5.74, 6) is 0. The lowest BCUT2D eigenvalue weighted by molar-refractivity contribution is 1.49. The molecule has 0 nitrogen and oxygen atoms in total. The molecule has 0 fully saturated rings. The van der Waals surface area contributed by atoms with E-state index in [1.807, 2.05) is 12.1 Å². The zero-order valence-corrected chi connectivity index (χ0v) is 19.2. The number of halogens is 1. The lowest BCUT2D eigenvalue weighted by Crippen LogP contribution is -2.55. The molecule has 0 saturated carbocycles. The summed E-state index contributed by atoms with van der Waals surface area (Å²) in [5, 5.41) is 6.68. The zero-order chi connectivity index (χ0) is 18.9. The predicted molar refractivity (Wildman–Crippen MR) is 123 cm³/mol. The Balaban J connectivity index is 2.28. The molecule has 0 aromatic heterocycles. The number of hydrogen-bond acceptors (Lipinski definition) is 0. The van der Waals surface area contributed by atoms with Gasteiger partial charge in [0, 0.05) is 5.02 Å². The highest BCUT2D eigenvalue weighted by Crippen LogP contribution is 2.10. The average molecular weight is 395 g/mol. The quantitative estimate of drug-likeness (QED) is 0.467. The van der Waals surface area contributed by atoms with Gasteiger partial charge < -0.3 is 0 Å². The van der Waals surface area contributed by atoms with Crippen LogP contribution in [-0.4, -0.2) is 16.9 Å². The van der Waals surface area contributed by atoms with Crippen LogP contribution >= 0.6 is 11.6 Å². The van der Waals surface area contributed by atoms with Crippen molar-refractivity contribution >= 4 is 49.2 Å². The molecule has 0 radical (unpaired) electrons. The standard InChI is InChI=1S/C23H27ClSi2/c1-17-14-19(16-20(15-17)26(3,4)5)25(22-12-8-6-10-18(22)2)23-13-9-7-11-21(23)24/h6-16,25H,1-5H3. The average Bonchev–Trinajstić information content (AvgIpc) is 2.57. The second kappa shape index (κ2) is 7.55. The van der Waals surface area contributed by atoms with Gasteiger partial charge >= 0.3 is 0 Å². The molecule has 0 bridgehead atoms. The van der Waals surface area contributed by atoms with Gasteiger partial charge in [-0.3, -0.25) is 0 Å². The van der Waals surface area contributed by atoms with Crippen molar-refractivity contribution in [3.8, 4) is 0 Å². The maximum Gasteiger partial charge on any atom is 0.135 e. The molecule has 0 aliphatic heterocycles. The Morgan fingerprint density at radius 2 is 1.38 bits per heavy atom. The van der Waals surface area contributed by atoms with E-state index in [4.69, 9.17) is 11.6 Å². The Hall–Kier alpha value is -1.62. The Labute approximate surface area is 165 Å². The summed E-state index contributed by atoms with van der Waals surface area (Å²) < 4.78 is 0. The van der Waals surface area contributed by atoms with Gasteiger partial charge in [0.15, 0.2) is 0 Å². The molecule has 0 N–H and O–H groups in total. The topological polar surface area (TPSA) is 0 Å². The van der Waals surface area contributed by atoms with E-state index in [9.17, 15) is 0 Å². The van der Waals surface area contributed by atoms with Crippen molar-refractivity contribution in [1.82, 2.24) is 0 Å². The molecule has 0 heterocycles. The van der Waals surface area contributed by atoms with Gasteiger partial charge in [0.25, 0.3) is 0 Å². The highest BCUT2D eigenvalue weighted by Gasteiger charge is 2.25. The third kappa shape index (κ3) is 4.03. The van der Waals surface area contributed by atoms with Gasteiger partial charge in [-0.1, -0.05) is 113 Å². The molecule has 0 aliphatic rings. The minimum absolute atomic E-state index is 0.892. The molecule has 0 aliphatic carbocycles. The third-order valence-electron chi connectivity index (χ3n) is 5.01. The van der Waals surface area contributed by atoms with Crippen LogP contribution in [0.3, 0.4) is 0 Å².